The lowest BCUT2D eigenvalue weighted by molar-refractivity contribution is -0.144. The highest BCUT2D eigenvalue weighted by Crippen LogP contribution is 2.34. The third-order valence-electron chi connectivity index (χ3n) is 9.08. The van der Waals surface area contributed by atoms with Crippen molar-refractivity contribution in [3.8, 4) is 0 Å². The van der Waals surface area contributed by atoms with E-state index in [0.29, 0.717) is 25.3 Å². The van der Waals surface area contributed by atoms with Crippen LogP contribution in [-0.2, 0) is 24.0 Å². The van der Waals surface area contributed by atoms with Gasteiger partial charge in [-0.1, -0.05) is 74.8 Å². The molecule has 0 radical (unpaired) electrons. The molecular weight excluding hydrogens is 600 g/mol. The first-order chi connectivity index (χ1) is 21.7. The van der Waals surface area contributed by atoms with Crippen LogP contribution in [0.1, 0.15) is 94.4 Å². The van der Waals surface area contributed by atoms with Crippen molar-refractivity contribution in [3.05, 3.63) is 12.7 Å². The number of Topliss-reactive ketones (excluding diaryl/α,β-unsaturated/α-hetero) is 1. The number of ketones is 1. The van der Waals surface area contributed by atoms with Crippen molar-refractivity contribution in [1.82, 2.24) is 31.1 Å². The topological polar surface area (TPSA) is 157 Å². The second-order valence-electron chi connectivity index (χ2n) is 15.8. The van der Waals surface area contributed by atoms with E-state index in [-0.39, 0.29) is 37.3 Å². The van der Waals surface area contributed by atoms with Crippen LogP contribution in [0.15, 0.2) is 12.7 Å². The van der Waals surface area contributed by atoms with Crippen LogP contribution in [0, 0.1) is 28.6 Å². The van der Waals surface area contributed by atoms with E-state index in [0.717, 1.165) is 12.8 Å². The van der Waals surface area contributed by atoms with Gasteiger partial charge in [0.2, 0.25) is 23.5 Å². The van der Waals surface area contributed by atoms with Gasteiger partial charge in [0.15, 0.2) is 0 Å². The molecule has 0 spiro atoms. The van der Waals surface area contributed by atoms with E-state index in [2.05, 4.69) is 27.8 Å². The fourth-order valence-corrected chi connectivity index (χ4v) is 6.09. The summed E-state index contributed by atoms with van der Waals surface area (Å²) in [6.45, 7) is 21.5. The maximum absolute atomic E-state index is 14.3. The van der Waals surface area contributed by atoms with Crippen LogP contribution in [0.2, 0.25) is 0 Å². The number of carbonyl (C=O) groups is 6. The zero-order valence-corrected chi connectivity index (χ0v) is 30.3. The molecule has 1 unspecified atom stereocenters. The highest BCUT2D eigenvalue weighted by atomic mass is 16.2. The lowest BCUT2D eigenvalue weighted by Crippen LogP contribution is -2.63. The molecule has 6 amide bonds. The van der Waals surface area contributed by atoms with Crippen LogP contribution < -0.4 is 21.3 Å². The van der Waals surface area contributed by atoms with Crippen molar-refractivity contribution in [2.45, 2.75) is 119 Å². The fraction of sp³-hybridized carbons (Fsp3) is 0.771. The van der Waals surface area contributed by atoms with Crippen molar-refractivity contribution in [2.24, 2.45) is 28.6 Å². The third-order valence-corrected chi connectivity index (χ3v) is 9.08. The molecule has 0 aromatic rings. The number of rotatable bonds is 15. The molecule has 2 aliphatic rings. The minimum absolute atomic E-state index is 0.0373. The Hall–Kier alpha value is -3.44. The first-order valence-electron chi connectivity index (χ1n) is 17.1. The highest BCUT2D eigenvalue weighted by Gasteiger charge is 2.48. The normalized spacial score (nSPS) is 20.1. The lowest BCUT2D eigenvalue weighted by Gasteiger charge is -2.38. The number of amides is 6. The van der Waals surface area contributed by atoms with Gasteiger partial charge < -0.3 is 31.1 Å². The summed E-state index contributed by atoms with van der Waals surface area (Å²) < 4.78 is 0. The summed E-state index contributed by atoms with van der Waals surface area (Å²) in [6, 6.07) is -4.45. The maximum Gasteiger partial charge on any atom is 0.316 e. The molecule has 1 saturated heterocycles. The largest absolute Gasteiger partial charge is 0.346 e. The maximum atomic E-state index is 14.3. The number of carbonyl (C=O) groups excluding carboxylic acids is 6. The number of nitrogens with zero attached hydrogens (tertiary/aromatic N) is 2. The number of urea groups is 1. The van der Waals surface area contributed by atoms with E-state index >= 15 is 0 Å². The van der Waals surface area contributed by atoms with Crippen LogP contribution in [0.25, 0.3) is 0 Å². The average molecular weight is 661 g/mol. The summed E-state index contributed by atoms with van der Waals surface area (Å²) in [5.74, 6) is -2.36. The molecule has 0 aromatic carbocycles. The quantitative estimate of drug-likeness (QED) is 0.156. The van der Waals surface area contributed by atoms with Gasteiger partial charge in [-0.2, -0.15) is 0 Å². The molecule has 1 heterocycles. The zero-order valence-electron chi connectivity index (χ0n) is 30.3. The summed E-state index contributed by atoms with van der Waals surface area (Å²) in [5, 5.41) is 10.9. The van der Waals surface area contributed by atoms with Crippen molar-refractivity contribution < 1.29 is 28.8 Å². The summed E-state index contributed by atoms with van der Waals surface area (Å²) in [5.41, 5.74) is -1.34. The van der Waals surface area contributed by atoms with E-state index in [9.17, 15) is 28.8 Å². The Kier molecular flexibility index (Phi) is 14.0. The van der Waals surface area contributed by atoms with E-state index in [1.807, 2.05) is 62.3 Å². The molecule has 1 aliphatic carbocycles. The van der Waals surface area contributed by atoms with Gasteiger partial charge >= 0.3 is 6.03 Å². The third kappa shape index (κ3) is 11.1. The molecule has 5 atom stereocenters. The average Bonchev–Trinajstić information content (AvgIpc) is 3.67. The highest BCUT2D eigenvalue weighted by molar-refractivity contribution is 6.38. The van der Waals surface area contributed by atoms with E-state index in [1.165, 1.54) is 11.0 Å². The van der Waals surface area contributed by atoms with Crippen LogP contribution >= 0.6 is 0 Å². The van der Waals surface area contributed by atoms with E-state index < -0.39 is 64.5 Å². The predicted octanol–water partition coefficient (Wildman–Crippen LogP) is 3.01. The Morgan fingerprint density at radius 3 is 1.98 bits per heavy atom. The SMILES string of the molecule is C=CCNC(=O)C(=O)C(CCC)NC(=O)[C@@H]1[C@@H](C(C)C)CCN1C(=O)[C@@H](NC(=O)N[C@H](C(=O)N(C)CC1CC1)C(C)(C)C)C(C)(C)C. The number of likely N-dealkylation sites (tertiary alicyclic amines) is 1. The summed E-state index contributed by atoms with van der Waals surface area (Å²) in [7, 11) is 1.75. The Labute approximate surface area is 281 Å². The molecule has 1 aliphatic heterocycles. The Balaban J connectivity index is 2.32. The van der Waals surface area contributed by atoms with Crippen LogP contribution in [0.5, 0.6) is 0 Å². The second-order valence-corrected chi connectivity index (χ2v) is 15.8. The van der Waals surface area contributed by atoms with Gasteiger partial charge in [-0.15, -0.1) is 6.58 Å². The summed E-state index contributed by atoms with van der Waals surface area (Å²) in [4.78, 5) is 83.8. The Bertz CT molecular complexity index is 1170. The number of hydrogen-bond donors (Lipinski definition) is 4. The smallest absolute Gasteiger partial charge is 0.316 e. The molecule has 12 heteroatoms. The zero-order chi connectivity index (χ0) is 35.9. The van der Waals surface area contributed by atoms with Gasteiger partial charge in [0.25, 0.3) is 5.91 Å². The van der Waals surface area contributed by atoms with Gasteiger partial charge in [0.05, 0.1) is 6.04 Å². The van der Waals surface area contributed by atoms with Gasteiger partial charge in [0.1, 0.15) is 18.1 Å². The van der Waals surface area contributed by atoms with Gasteiger partial charge in [-0.05, 0) is 54.3 Å². The molecule has 47 heavy (non-hydrogen) atoms. The number of hydrogen-bond acceptors (Lipinski definition) is 6. The van der Waals surface area contributed by atoms with E-state index in [4.69, 9.17) is 0 Å². The molecule has 12 nitrogen and oxygen atoms in total. The molecular formula is C35H60N6O6. The first kappa shape index (κ1) is 39.7. The fourth-order valence-electron chi connectivity index (χ4n) is 6.09. The molecule has 2 fully saturated rings. The monoisotopic (exact) mass is 660 g/mol. The number of nitrogens with one attached hydrogen (secondary N) is 4. The number of likely N-dealkylation sites (N-methyl/N-ethyl adjacent to an activating group) is 1. The second kappa shape index (κ2) is 16.6. The Morgan fingerprint density at radius 2 is 1.49 bits per heavy atom. The van der Waals surface area contributed by atoms with Crippen molar-refractivity contribution >= 4 is 35.4 Å². The van der Waals surface area contributed by atoms with Gasteiger partial charge in [-0.3, -0.25) is 24.0 Å². The molecule has 266 valence electrons. The van der Waals surface area contributed by atoms with Crippen molar-refractivity contribution in [3.63, 3.8) is 0 Å². The van der Waals surface area contributed by atoms with Crippen LogP contribution in [-0.4, -0.2) is 96.1 Å². The Morgan fingerprint density at radius 1 is 0.915 bits per heavy atom. The minimum Gasteiger partial charge on any atom is -0.346 e. The first-order valence-corrected chi connectivity index (χ1v) is 17.1. The van der Waals surface area contributed by atoms with Crippen molar-refractivity contribution in [1.29, 1.82) is 0 Å². The predicted molar refractivity (Wildman–Crippen MR) is 182 cm³/mol. The lowest BCUT2D eigenvalue weighted by atomic mass is 9.84. The van der Waals surface area contributed by atoms with Gasteiger partial charge in [-0.25, -0.2) is 4.79 Å². The van der Waals surface area contributed by atoms with Crippen LogP contribution in [0.4, 0.5) is 4.79 Å². The molecule has 1 saturated carbocycles. The van der Waals surface area contributed by atoms with Gasteiger partial charge in [0, 0.05) is 26.7 Å². The van der Waals surface area contributed by atoms with E-state index in [1.54, 1.807) is 11.9 Å². The van der Waals surface area contributed by atoms with Crippen molar-refractivity contribution in [2.75, 3.05) is 26.7 Å². The summed E-state index contributed by atoms with van der Waals surface area (Å²) >= 11 is 0. The molecule has 2 rings (SSSR count). The standard InChI is InChI=1S/C35H60N6O6/c1-12-14-24(26(42)30(44)36-18-13-2)37-29(43)25-23(21(3)4)17-19-41(25)32(46)28(35(8,9)10)39-33(47)38-27(34(5,6)7)31(45)40(11)20-22-15-16-22/h13,21-25,27-28H,2,12,14-20H2,1,3-11H3,(H,36,44)(H,37,43)(H2,38,39,47)/t23-,24?,25+,27-,28-/m1/s1. The molecule has 4 N–H and O–H groups in total. The summed E-state index contributed by atoms with van der Waals surface area (Å²) in [6.07, 6.45) is 5.01. The molecule has 0 bridgehead atoms. The molecule has 0 aromatic heterocycles. The van der Waals surface area contributed by atoms with Crippen LogP contribution in [0.3, 0.4) is 0 Å². The minimum atomic E-state index is -1.05.